The van der Waals surface area contributed by atoms with Crippen LogP contribution in [0.2, 0.25) is 0 Å². The molecule has 2 aromatic rings. The van der Waals surface area contributed by atoms with Gasteiger partial charge in [0, 0.05) is 65.0 Å². The van der Waals surface area contributed by atoms with Crippen LogP contribution < -0.4 is 93.7 Å². The summed E-state index contributed by atoms with van der Waals surface area (Å²) in [6, 6.07) is 5.09. The quantitative estimate of drug-likeness (QED) is 0.0140. The van der Waals surface area contributed by atoms with Crippen molar-refractivity contribution in [3.63, 3.8) is 0 Å². The number of carbonyl (C=O) groups excluding carboxylic acids is 9. The molecular formula is C74H117N21O15. The molecule has 36 heteroatoms. The number of hydrogen-bond acceptors (Lipinski definition) is 19. The highest BCUT2D eigenvalue weighted by molar-refractivity contribution is 5.99. The number of nitrogens with one attached hydrogen (secondary N) is 9. The second-order valence-corrected chi connectivity index (χ2v) is 25.7. The predicted octanol–water partition coefficient (Wildman–Crippen LogP) is -2.63. The highest BCUT2D eigenvalue weighted by Crippen LogP contribution is 2.17. The Morgan fingerprint density at radius 2 is 0.755 bits per heavy atom. The zero-order valence-electron chi connectivity index (χ0n) is 63.1. The topological polar surface area (TPSA) is 575 Å². The number of benzene rings is 2. The molecule has 36 nitrogen and oxygen atoms in total. The van der Waals surface area contributed by atoms with E-state index in [9.17, 15) is 19.2 Å². The fourth-order valence-electron chi connectivity index (χ4n) is 11.0. The zero-order chi connectivity index (χ0) is 80.1. The third kappa shape index (κ3) is 41.2. The molecule has 25 N–H and O–H groups in total. The van der Waals surface area contributed by atoms with Crippen molar-refractivity contribution in [1.82, 2.24) is 47.9 Å². The first kappa shape index (κ1) is 91.9. The van der Waals surface area contributed by atoms with Crippen molar-refractivity contribution in [2.45, 2.75) is 152 Å². The van der Waals surface area contributed by atoms with Gasteiger partial charge in [-0.2, -0.15) is 0 Å². The van der Waals surface area contributed by atoms with Gasteiger partial charge in [-0.1, -0.05) is 103 Å². The summed E-state index contributed by atoms with van der Waals surface area (Å²) in [5.41, 5.74) is 47.7. The maximum absolute atomic E-state index is 15.3. The van der Waals surface area contributed by atoms with Gasteiger partial charge in [0.25, 0.3) is 0 Å². The lowest BCUT2D eigenvalue weighted by molar-refractivity contribution is -0.137. The largest absolute Gasteiger partial charge is 0.379 e. The van der Waals surface area contributed by atoms with Crippen molar-refractivity contribution in [1.29, 1.82) is 0 Å². The normalized spacial score (nSPS) is 19.8. The molecule has 1 heterocycles. The van der Waals surface area contributed by atoms with Crippen molar-refractivity contribution in [2.24, 2.45) is 65.8 Å². The number of carbonyl (C=O) groups is 9. The lowest BCUT2D eigenvalue weighted by Crippen LogP contribution is -2.62. The van der Waals surface area contributed by atoms with Gasteiger partial charge in [-0.15, -0.1) is 0 Å². The number of aliphatic imine (C=N–C) groups is 4. The van der Waals surface area contributed by atoms with E-state index in [1.54, 1.807) is 72.8 Å². The van der Waals surface area contributed by atoms with Crippen LogP contribution in [0.1, 0.15) is 102 Å². The van der Waals surface area contributed by atoms with Crippen LogP contribution in [-0.2, 0) is 84.4 Å². The molecule has 0 spiro atoms. The van der Waals surface area contributed by atoms with E-state index in [2.05, 4.69) is 74.4 Å². The van der Waals surface area contributed by atoms with Crippen molar-refractivity contribution in [3.8, 4) is 0 Å². The summed E-state index contributed by atoms with van der Waals surface area (Å²) in [7, 11) is 0. The third-order valence-electron chi connectivity index (χ3n) is 16.7. The Bertz CT molecular complexity index is 3380. The summed E-state index contributed by atoms with van der Waals surface area (Å²) >= 11 is 0. The van der Waals surface area contributed by atoms with Gasteiger partial charge in [0.2, 0.25) is 53.2 Å². The van der Waals surface area contributed by atoms with E-state index in [-0.39, 0.29) is 153 Å². The molecule has 608 valence electrons. The second kappa shape index (κ2) is 55.0. The first-order chi connectivity index (χ1) is 53.0. The van der Waals surface area contributed by atoms with E-state index in [4.69, 9.17) is 74.3 Å². The number of nitrogens with zero attached hydrogens (tertiary/aromatic N) is 4. The summed E-state index contributed by atoms with van der Waals surface area (Å²) in [6.07, 6.45) is 9.32. The first-order valence-corrected chi connectivity index (χ1v) is 37.2. The van der Waals surface area contributed by atoms with E-state index < -0.39 is 108 Å². The van der Waals surface area contributed by atoms with Crippen molar-refractivity contribution >= 4 is 77.0 Å². The van der Waals surface area contributed by atoms with Gasteiger partial charge in [-0.3, -0.25) is 63.1 Å². The number of rotatable bonds is 46. The van der Waals surface area contributed by atoms with E-state index in [1.165, 1.54) is 0 Å². The maximum atomic E-state index is 15.3. The number of amides is 9. The Balaban J connectivity index is 1.81. The lowest BCUT2D eigenvalue weighted by atomic mass is 10.00. The van der Waals surface area contributed by atoms with Crippen molar-refractivity contribution in [2.75, 3.05) is 112 Å². The summed E-state index contributed by atoms with van der Waals surface area (Å²) in [6.45, 7) is 10.5. The molecule has 0 bridgehead atoms. The second-order valence-electron chi connectivity index (χ2n) is 25.7. The molecule has 4 rings (SSSR count). The molecule has 9 amide bonds. The van der Waals surface area contributed by atoms with Crippen LogP contribution in [0.25, 0.3) is 0 Å². The average molecular weight is 1540 g/mol. The van der Waals surface area contributed by atoms with E-state index in [0.29, 0.717) is 76.2 Å². The molecule has 1 aliphatic carbocycles. The maximum Gasteiger partial charge on any atom is 0.243 e. The molecule has 0 aromatic heterocycles. The van der Waals surface area contributed by atoms with Crippen molar-refractivity contribution in [3.05, 3.63) is 120 Å². The molecule has 0 unspecified atom stereocenters. The van der Waals surface area contributed by atoms with Crippen LogP contribution in [-0.4, -0.2) is 237 Å². The predicted molar refractivity (Wildman–Crippen MR) is 418 cm³/mol. The molecule has 1 saturated heterocycles. The Morgan fingerprint density at radius 1 is 0.436 bits per heavy atom. The minimum absolute atomic E-state index is 0.00962. The minimum atomic E-state index is -1.63. The zero-order valence-corrected chi connectivity index (χ0v) is 63.1. The van der Waals surface area contributed by atoms with Crippen LogP contribution in [0, 0.1) is 0 Å². The Kier molecular flexibility index (Phi) is 45.9. The van der Waals surface area contributed by atoms with Crippen LogP contribution in [0.3, 0.4) is 0 Å². The van der Waals surface area contributed by atoms with Crippen LogP contribution in [0.5, 0.6) is 0 Å². The Labute approximate surface area is 643 Å². The van der Waals surface area contributed by atoms with Gasteiger partial charge in [0.15, 0.2) is 23.8 Å². The molecule has 8 atom stereocenters. The number of guanidine groups is 4. The summed E-state index contributed by atoms with van der Waals surface area (Å²) < 4.78 is 33.0. The highest BCUT2D eigenvalue weighted by Gasteiger charge is 2.37. The molecule has 1 fully saturated rings. The number of ether oxygens (including phenoxy) is 6. The van der Waals surface area contributed by atoms with E-state index >= 15 is 24.0 Å². The van der Waals surface area contributed by atoms with Gasteiger partial charge < -0.3 is 122 Å². The van der Waals surface area contributed by atoms with Gasteiger partial charge in [0.1, 0.15) is 48.3 Å². The highest BCUT2D eigenvalue weighted by atomic mass is 16.6. The molecule has 0 saturated carbocycles. The molecule has 1 aliphatic heterocycles. The van der Waals surface area contributed by atoms with Gasteiger partial charge in [-0.25, -0.2) is 0 Å². The average Bonchev–Trinajstić information content (AvgIpc) is 0.845. The summed E-state index contributed by atoms with van der Waals surface area (Å²) in [5.74, 6) is -8.89. The molecule has 2 aromatic carbocycles. The smallest absolute Gasteiger partial charge is 0.243 e. The number of nitrogens with two attached hydrogens (primary N) is 8. The van der Waals surface area contributed by atoms with E-state index in [0.717, 1.165) is 18.4 Å². The fraction of sp³-hybridized carbons (Fsp3) is 0.554. The Hall–Kier alpha value is -10.5. The summed E-state index contributed by atoms with van der Waals surface area (Å²) in [5, 5.41) is 24.9. The van der Waals surface area contributed by atoms with Gasteiger partial charge in [-0.05, 0) is 94.3 Å². The van der Waals surface area contributed by atoms with Crippen molar-refractivity contribution < 1.29 is 71.6 Å². The van der Waals surface area contributed by atoms with Crippen LogP contribution in [0.4, 0.5) is 0 Å². The number of allylic oxidation sites excluding steroid dienone is 6. The van der Waals surface area contributed by atoms with Crippen LogP contribution in [0.15, 0.2) is 129 Å². The minimum Gasteiger partial charge on any atom is -0.379 e. The third-order valence-corrected chi connectivity index (χ3v) is 16.7. The first-order valence-electron chi connectivity index (χ1n) is 37.2. The monoisotopic (exact) mass is 1540 g/mol. The van der Waals surface area contributed by atoms with Gasteiger partial charge in [0.05, 0.1) is 72.7 Å². The standard InChI is InChI=1S/C74H117N21O15/c1-3-105-37-38-107-41-42-109-45-46-110-44-43-108-40-39-106-36-35-83-62(96)30-29-58-67(101)94-60(48-52-19-9-5-10-20-52)70(104)95-61(49-53-21-11-6-12-22-53)69(103)93-59(47-50(2)27-28-51-17-7-4-8-18-51)68(102)91-57(26-16-34-87-74(81)82)65(99)89-55(24-14-32-85-72(77)78)63(97)88-54(23-13-31-84-71(75)76)64(98)90-56(66(100)92-58)25-15-33-86-73(79)80/h5-7,9-12,17-22,27-28,54-61H,2-4,8,13-16,23-26,29-49H2,1H3,(H,83,96)(H,88,97)(H,89,99)(H,90,98)(H,91,102)(H,92,100)(H,93,103)(H,94,101)(H,95,104)(H4,75,76,84)(H4,77,78,85)(H4,79,80,86)(H4,81,82,87)/b28-27-/t54-,55+,56+,57-,58-,59-,60-,61+/m0/s1. The molecular weight excluding hydrogens is 1420 g/mol. The lowest BCUT2D eigenvalue weighted by Gasteiger charge is -2.29. The van der Waals surface area contributed by atoms with E-state index in [1.807, 2.05) is 25.2 Å². The molecule has 0 radical (unpaired) electrons. The van der Waals surface area contributed by atoms with Gasteiger partial charge >= 0.3 is 0 Å². The number of hydrogen-bond donors (Lipinski definition) is 17. The molecule has 2 aliphatic rings. The Morgan fingerprint density at radius 3 is 1.10 bits per heavy atom. The van der Waals surface area contributed by atoms with Crippen LogP contribution >= 0.6 is 0 Å². The molecule has 110 heavy (non-hydrogen) atoms. The SMILES string of the molecule is C=C(/C=C\C1=CCCC=C1)C[C@@H]1NC(=O)[C@@H](Cc2ccccc2)NC(=O)[C@H](Cc2ccccc2)NC(=O)[C@H](CCC(=O)NCCOCCOCCOCCOCCOCCOCC)NC(=O)[C@@H](CCCN=C(N)N)NC(=O)[C@H](CCCN=C(N)N)NC(=O)[C@@H](CCCN=C(N)N)NC(=O)[C@H](CCCN=C(N)N)NC1=O. The fourth-order valence-corrected chi connectivity index (χ4v) is 11.0. The summed E-state index contributed by atoms with van der Waals surface area (Å²) in [4.78, 5) is 151.